The van der Waals surface area contributed by atoms with Crippen LogP contribution in [-0.4, -0.2) is 6.10 Å². The second-order valence-corrected chi connectivity index (χ2v) is 6.36. The molecule has 0 aliphatic heterocycles. The van der Waals surface area contributed by atoms with Gasteiger partial charge in [0.1, 0.15) is 5.75 Å². The van der Waals surface area contributed by atoms with Crippen LogP contribution in [0.25, 0.3) is 20.2 Å². The summed E-state index contributed by atoms with van der Waals surface area (Å²) in [6.45, 7) is 3.91. The first-order valence-corrected chi connectivity index (χ1v) is 7.57. The van der Waals surface area contributed by atoms with E-state index in [4.69, 9.17) is 16.3 Å². The lowest BCUT2D eigenvalue weighted by molar-refractivity contribution is 0.246. The third-order valence-corrected chi connectivity index (χ3v) is 4.39. The Morgan fingerprint density at radius 2 is 1.90 bits per heavy atom. The minimum Gasteiger partial charge on any atom is -0.489 e. The molecule has 3 rings (SSSR count). The van der Waals surface area contributed by atoms with Crippen molar-refractivity contribution >= 4 is 43.1 Å². The van der Waals surface area contributed by atoms with Crippen molar-refractivity contribution < 1.29 is 4.74 Å². The lowest BCUT2D eigenvalue weighted by Gasteiger charge is -2.12. The van der Waals surface area contributed by atoms with E-state index in [-0.39, 0.29) is 11.5 Å². The van der Waals surface area contributed by atoms with Gasteiger partial charge in [-0.2, -0.15) is 0 Å². The predicted octanol–water partition coefficient (Wildman–Crippen LogP) is 4.86. The molecule has 20 heavy (non-hydrogen) atoms. The summed E-state index contributed by atoms with van der Waals surface area (Å²) in [7, 11) is 0. The van der Waals surface area contributed by atoms with Gasteiger partial charge in [-0.15, -0.1) is 11.3 Å². The van der Waals surface area contributed by atoms with Crippen LogP contribution in [0, 0.1) is 0 Å². The molecule has 3 aromatic rings. The van der Waals surface area contributed by atoms with E-state index in [0.717, 1.165) is 14.8 Å². The first-order chi connectivity index (χ1) is 9.56. The van der Waals surface area contributed by atoms with Crippen LogP contribution < -0.4 is 10.2 Å². The summed E-state index contributed by atoms with van der Waals surface area (Å²) in [6, 6.07) is 11.1. The van der Waals surface area contributed by atoms with Crippen LogP contribution in [0.1, 0.15) is 13.8 Å². The Balaban J connectivity index is 2.44. The molecule has 0 spiro atoms. The Bertz CT molecular complexity index is 852. The van der Waals surface area contributed by atoms with Crippen LogP contribution in [-0.2, 0) is 0 Å². The van der Waals surface area contributed by atoms with Crippen LogP contribution in [0.5, 0.6) is 5.75 Å². The van der Waals surface area contributed by atoms with E-state index in [1.807, 2.05) is 38.1 Å². The van der Waals surface area contributed by atoms with E-state index in [1.165, 1.54) is 0 Å². The number of hydrogen-bond acceptors (Lipinski definition) is 3. The van der Waals surface area contributed by atoms with Crippen molar-refractivity contribution in [2.24, 2.45) is 0 Å². The predicted molar refractivity (Wildman–Crippen MR) is 86.4 cm³/mol. The molecule has 0 saturated heterocycles. The van der Waals surface area contributed by atoms with Gasteiger partial charge in [-0.05, 0) is 32.0 Å². The maximum absolute atomic E-state index is 12.6. The third-order valence-electron chi connectivity index (χ3n) is 2.97. The molecule has 0 radical (unpaired) electrons. The van der Waals surface area contributed by atoms with Crippen LogP contribution in [0.2, 0.25) is 5.02 Å². The van der Waals surface area contributed by atoms with E-state index < -0.39 is 0 Å². The monoisotopic (exact) mass is 304 g/mol. The number of rotatable bonds is 2. The van der Waals surface area contributed by atoms with Crippen molar-refractivity contribution in [2.75, 3.05) is 0 Å². The zero-order valence-electron chi connectivity index (χ0n) is 11.1. The molecular formula is C16H13ClO2S. The van der Waals surface area contributed by atoms with Crippen LogP contribution >= 0.6 is 22.9 Å². The number of halogens is 1. The lowest BCUT2D eigenvalue weighted by Crippen LogP contribution is -2.07. The minimum absolute atomic E-state index is 0.00505. The van der Waals surface area contributed by atoms with Gasteiger partial charge in [-0.3, -0.25) is 4.79 Å². The highest BCUT2D eigenvalue weighted by Crippen LogP contribution is 2.35. The van der Waals surface area contributed by atoms with E-state index >= 15 is 0 Å². The second kappa shape index (κ2) is 5.08. The summed E-state index contributed by atoms with van der Waals surface area (Å²) in [4.78, 5) is 12.6. The topological polar surface area (TPSA) is 26.3 Å². The molecule has 4 heteroatoms. The summed E-state index contributed by atoms with van der Waals surface area (Å²) in [5.74, 6) is 0.676. The first-order valence-electron chi connectivity index (χ1n) is 6.38. The van der Waals surface area contributed by atoms with Gasteiger partial charge in [0.15, 0.2) is 5.43 Å². The summed E-state index contributed by atoms with van der Waals surface area (Å²) in [5.41, 5.74) is 0.00505. The van der Waals surface area contributed by atoms with Crippen molar-refractivity contribution in [3.63, 3.8) is 0 Å². The smallest absolute Gasteiger partial charge is 0.196 e. The molecule has 1 aromatic heterocycles. The zero-order chi connectivity index (χ0) is 14.3. The number of fused-ring (bicyclic) bond motifs is 2. The molecule has 0 atom stereocenters. The quantitative estimate of drug-likeness (QED) is 0.632. The summed E-state index contributed by atoms with van der Waals surface area (Å²) >= 11 is 7.68. The molecule has 0 saturated carbocycles. The molecule has 0 aliphatic carbocycles. The maximum Gasteiger partial charge on any atom is 0.196 e. The molecule has 0 unspecified atom stereocenters. The molecule has 2 nitrogen and oxygen atoms in total. The Morgan fingerprint density at radius 3 is 2.65 bits per heavy atom. The van der Waals surface area contributed by atoms with Crippen LogP contribution in [0.15, 0.2) is 41.2 Å². The molecule has 102 valence electrons. The Kier molecular flexibility index (Phi) is 3.40. The summed E-state index contributed by atoms with van der Waals surface area (Å²) in [5, 5.41) is 1.87. The summed E-state index contributed by atoms with van der Waals surface area (Å²) in [6.07, 6.45) is 0.0328. The standard InChI is InChI=1S/C16H13ClO2S/c1-9(2)19-13-8-10(17)7-12-15(18)11-5-3-4-6-14(11)20-16(12)13/h3-9H,1-2H3. The summed E-state index contributed by atoms with van der Waals surface area (Å²) < 4.78 is 7.61. The van der Waals surface area contributed by atoms with E-state index in [0.29, 0.717) is 16.2 Å². The van der Waals surface area contributed by atoms with Gasteiger partial charge in [-0.25, -0.2) is 0 Å². The maximum atomic E-state index is 12.6. The molecule has 2 aromatic carbocycles. The zero-order valence-corrected chi connectivity index (χ0v) is 12.7. The first kappa shape index (κ1) is 13.4. The molecular weight excluding hydrogens is 292 g/mol. The van der Waals surface area contributed by atoms with Gasteiger partial charge < -0.3 is 4.74 Å². The minimum atomic E-state index is 0.00505. The SMILES string of the molecule is CC(C)Oc1cc(Cl)cc2c(=O)c3ccccc3sc12. The molecule has 0 amide bonds. The van der Waals surface area contributed by atoms with E-state index in [9.17, 15) is 4.79 Å². The average molecular weight is 305 g/mol. The fourth-order valence-corrected chi connectivity index (χ4v) is 3.50. The van der Waals surface area contributed by atoms with Crippen LogP contribution in [0.3, 0.4) is 0 Å². The van der Waals surface area contributed by atoms with Crippen molar-refractivity contribution in [1.29, 1.82) is 0 Å². The molecule has 0 fully saturated rings. The van der Waals surface area contributed by atoms with Gasteiger partial charge in [0.25, 0.3) is 0 Å². The van der Waals surface area contributed by atoms with Gasteiger partial charge in [0, 0.05) is 26.6 Å². The largest absolute Gasteiger partial charge is 0.489 e. The molecule has 0 bridgehead atoms. The van der Waals surface area contributed by atoms with E-state index in [2.05, 4.69) is 0 Å². The highest BCUT2D eigenvalue weighted by atomic mass is 35.5. The third kappa shape index (κ3) is 2.28. The lowest BCUT2D eigenvalue weighted by atomic mass is 10.2. The van der Waals surface area contributed by atoms with Crippen molar-refractivity contribution in [1.82, 2.24) is 0 Å². The number of hydrogen-bond donors (Lipinski definition) is 0. The average Bonchev–Trinajstić information content (AvgIpc) is 2.40. The van der Waals surface area contributed by atoms with Gasteiger partial charge >= 0.3 is 0 Å². The molecule has 1 heterocycles. The molecule has 0 aliphatic rings. The normalized spacial score (nSPS) is 11.4. The van der Waals surface area contributed by atoms with Crippen molar-refractivity contribution in [2.45, 2.75) is 20.0 Å². The van der Waals surface area contributed by atoms with Gasteiger partial charge in [-0.1, -0.05) is 23.7 Å². The highest BCUT2D eigenvalue weighted by molar-refractivity contribution is 7.24. The molecule has 0 N–H and O–H groups in total. The van der Waals surface area contributed by atoms with Crippen LogP contribution in [0.4, 0.5) is 0 Å². The fraction of sp³-hybridized carbons (Fsp3) is 0.188. The number of benzene rings is 2. The fourth-order valence-electron chi connectivity index (χ4n) is 2.18. The second-order valence-electron chi connectivity index (χ2n) is 4.87. The van der Waals surface area contributed by atoms with Gasteiger partial charge in [0.05, 0.1) is 10.8 Å². The Morgan fingerprint density at radius 1 is 1.15 bits per heavy atom. The van der Waals surface area contributed by atoms with E-state index in [1.54, 1.807) is 23.5 Å². The number of ether oxygens (including phenoxy) is 1. The van der Waals surface area contributed by atoms with Gasteiger partial charge in [0.2, 0.25) is 0 Å². The Labute approximate surface area is 125 Å². The highest BCUT2D eigenvalue weighted by Gasteiger charge is 2.12. The van der Waals surface area contributed by atoms with Crippen molar-refractivity contribution in [3.05, 3.63) is 51.6 Å². The Hall–Kier alpha value is -1.58. The van der Waals surface area contributed by atoms with Crippen molar-refractivity contribution in [3.8, 4) is 5.75 Å².